The summed E-state index contributed by atoms with van der Waals surface area (Å²) in [7, 11) is 0. The van der Waals surface area contributed by atoms with E-state index in [9.17, 15) is 0 Å². The zero-order valence-corrected chi connectivity index (χ0v) is 10.1. The summed E-state index contributed by atoms with van der Waals surface area (Å²) in [4.78, 5) is 0. The Hall–Kier alpha value is -1.12. The first-order valence-electron chi connectivity index (χ1n) is 4.65. The molecule has 2 fully saturated rings. The van der Waals surface area contributed by atoms with Crippen molar-refractivity contribution in [2.24, 2.45) is 5.84 Å². The van der Waals surface area contributed by atoms with E-state index in [1.807, 2.05) is 5.01 Å². The minimum absolute atomic E-state index is 0. The van der Waals surface area contributed by atoms with Crippen LogP contribution in [-0.2, 0) is 4.74 Å². The Morgan fingerprint density at radius 3 is 2.85 bits per heavy atom. The molecule has 0 bridgehead atoms. The molecule has 2 rings (SSSR count). The second-order valence-electron chi connectivity index (χ2n) is 4.18. The minimum atomic E-state index is 0. The second-order valence-corrected chi connectivity index (χ2v) is 4.18. The zero-order chi connectivity index (χ0) is 8.60. The number of hydrogen-bond acceptors (Lipinski definition) is 3. The maximum atomic E-state index is 5.81. The minimum Gasteiger partial charge on any atom is -0.408 e. The van der Waals surface area contributed by atoms with E-state index in [0.29, 0.717) is 0 Å². The monoisotopic (exact) mass is 431 g/mol. The van der Waals surface area contributed by atoms with E-state index < -0.39 is 0 Å². The van der Waals surface area contributed by atoms with Gasteiger partial charge in [-0.1, -0.05) is 6.61 Å². The summed E-state index contributed by atoms with van der Waals surface area (Å²) in [5.74, 6) is 7.24. The molecule has 0 aromatic carbocycles. The first-order valence-corrected chi connectivity index (χ1v) is 4.65. The summed E-state index contributed by atoms with van der Waals surface area (Å²) in [6.45, 7) is 4.94. The number of hydrazine groups is 1. The van der Waals surface area contributed by atoms with E-state index in [-0.39, 0.29) is 5.60 Å². The third-order valence-electron chi connectivity index (χ3n) is 2.82. The molecule has 0 amide bonds. The standard InChI is InChI=1S/C9H17N2O.Lr/c1-8-5-9(12-6-8)3-2-4-11(10)7-9;/h2-7,10H2,1H3;/q-1;. The van der Waals surface area contributed by atoms with Crippen LogP contribution in [0.3, 0.4) is 0 Å². The quantitative estimate of drug-likeness (QED) is 0.454. The van der Waals surface area contributed by atoms with Crippen LogP contribution in [0.1, 0.15) is 26.2 Å². The molecule has 1 unspecified atom stereocenters. The van der Waals surface area contributed by atoms with Crippen LogP contribution in [0.5, 0.6) is 0 Å². The van der Waals surface area contributed by atoms with Crippen LogP contribution in [-0.4, -0.2) is 30.3 Å². The molecule has 0 saturated carbocycles. The van der Waals surface area contributed by atoms with E-state index in [1.54, 1.807) is 0 Å². The van der Waals surface area contributed by atoms with Crippen molar-refractivity contribution in [3.63, 3.8) is 0 Å². The third kappa shape index (κ3) is 1.79. The predicted octanol–water partition coefficient (Wildman–Crippen LogP) is 0.709. The Balaban J connectivity index is 0.000000845. The van der Waals surface area contributed by atoms with Crippen molar-refractivity contribution in [3.05, 3.63) is 5.92 Å². The molecule has 1 spiro atoms. The Morgan fingerprint density at radius 2 is 2.31 bits per heavy atom. The van der Waals surface area contributed by atoms with Gasteiger partial charge in [-0.15, -0.1) is 6.42 Å². The van der Waals surface area contributed by atoms with Gasteiger partial charge >= 0.3 is 0 Å². The molecule has 0 aromatic heterocycles. The van der Waals surface area contributed by atoms with Crippen LogP contribution in [0.25, 0.3) is 0 Å². The molecular weight excluding hydrogens is 414 g/mol. The van der Waals surface area contributed by atoms with Gasteiger partial charge in [0.05, 0.1) is 5.60 Å². The van der Waals surface area contributed by atoms with Gasteiger partial charge < -0.3 is 4.74 Å². The summed E-state index contributed by atoms with van der Waals surface area (Å²) < 4.78 is 5.81. The molecule has 2 aliphatic rings. The Labute approximate surface area is 73.8 Å². The molecule has 3 nitrogen and oxygen atoms in total. The van der Waals surface area contributed by atoms with Gasteiger partial charge in [0.25, 0.3) is 0 Å². The molecule has 1 atom stereocenters. The molecule has 1 radical (unpaired) electrons. The van der Waals surface area contributed by atoms with E-state index in [0.717, 1.165) is 26.1 Å². The number of hydrogen-bond donors (Lipinski definition) is 1. The second kappa shape index (κ2) is 3.32. The van der Waals surface area contributed by atoms with Crippen LogP contribution in [0.4, 0.5) is 0 Å². The fourth-order valence-corrected chi connectivity index (χ4v) is 2.32. The van der Waals surface area contributed by atoms with E-state index in [2.05, 4.69) is 6.92 Å². The van der Waals surface area contributed by atoms with Crippen LogP contribution < -0.4 is 5.84 Å². The average molecular weight is 431 g/mol. The number of rotatable bonds is 0. The molecule has 2 saturated heterocycles. The summed E-state index contributed by atoms with van der Waals surface area (Å²) in [5.41, 5.74) is 0.0804. The Morgan fingerprint density at radius 1 is 1.54 bits per heavy atom. The number of piperidine rings is 1. The smallest absolute Gasteiger partial charge is 0.0524 e. The van der Waals surface area contributed by atoms with Crippen LogP contribution >= 0.6 is 0 Å². The molecule has 0 aliphatic carbocycles. The fraction of sp³-hybridized carbons (Fsp3) is 0.889. The van der Waals surface area contributed by atoms with Crippen molar-refractivity contribution in [3.8, 4) is 0 Å². The molecule has 13 heavy (non-hydrogen) atoms. The summed E-state index contributed by atoms with van der Waals surface area (Å²) in [5, 5.41) is 1.89. The third-order valence-corrected chi connectivity index (χ3v) is 2.82. The van der Waals surface area contributed by atoms with Gasteiger partial charge in [-0.05, 0) is 12.8 Å². The number of ether oxygens (including phenoxy) is 1. The first-order chi connectivity index (χ1) is 5.70. The van der Waals surface area contributed by atoms with Crippen molar-refractivity contribution >= 4 is 0 Å². The van der Waals surface area contributed by atoms with Gasteiger partial charge in [0.1, 0.15) is 0 Å². The molecule has 0 aromatic rings. The topological polar surface area (TPSA) is 38.5 Å². The molecule has 4 heteroatoms. The van der Waals surface area contributed by atoms with E-state index >= 15 is 0 Å². The summed E-state index contributed by atoms with van der Waals surface area (Å²) >= 11 is 0. The van der Waals surface area contributed by atoms with Gasteiger partial charge in [-0.3, -0.25) is 11.8 Å². The average Bonchev–Trinajstić information content (AvgIpc) is 2.32. The first kappa shape index (κ1) is 9.96. The SMILES string of the molecule is C[C-]1COC2(CCCN(N)C2)C1.[Lr]. The van der Waals surface area contributed by atoms with Crippen molar-refractivity contribution < 1.29 is 4.74 Å². The van der Waals surface area contributed by atoms with Crippen LogP contribution in [0, 0.1) is 5.92 Å². The maximum absolute atomic E-state index is 5.81. The predicted molar refractivity (Wildman–Crippen MR) is 47.2 cm³/mol. The Kier molecular flexibility index (Phi) is 2.55. The van der Waals surface area contributed by atoms with Crippen molar-refractivity contribution in [1.82, 2.24) is 5.01 Å². The molecule has 2 heterocycles. The number of nitrogens with two attached hydrogens (primary N) is 1. The molecule has 85 valence electrons. The molecule has 2 N–H and O–H groups in total. The van der Waals surface area contributed by atoms with Gasteiger partial charge in [-0.25, -0.2) is 5.01 Å². The molecule has 2 aliphatic heterocycles. The van der Waals surface area contributed by atoms with Crippen LogP contribution in [0.2, 0.25) is 0 Å². The largest absolute Gasteiger partial charge is 0.408 e. The zero-order valence-electron chi connectivity index (χ0n) is 7.93. The molecular formula is C9H17LrN2O-. The summed E-state index contributed by atoms with van der Waals surface area (Å²) in [6, 6.07) is 0. The maximum Gasteiger partial charge on any atom is 0.0524 e. The van der Waals surface area contributed by atoms with Gasteiger partial charge in [0, 0.05) is 13.1 Å². The fourth-order valence-electron chi connectivity index (χ4n) is 2.32. The summed E-state index contributed by atoms with van der Waals surface area (Å²) in [6.07, 6.45) is 3.46. The number of nitrogens with zero attached hydrogens (tertiary/aromatic N) is 1. The van der Waals surface area contributed by atoms with Crippen molar-refractivity contribution in [2.45, 2.75) is 31.8 Å². The Bertz CT molecular complexity index is 175. The van der Waals surface area contributed by atoms with Crippen molar-refractivity contribution in [1.29, 1.82) is 0 Å². The van der Waals surface area contributed by atoms with Crippen LogP contribution in [0.15, 0.2) is 0 Å². The van der Waals surface area contributed by atoms with Gasteiger partial charge in [0.15, 0.2) is 0 Å². The normalized spacial score (nSPS) is 36.5. The van der Waals surface area contributed by atoms with Crippen molar-refractivity contribution in [2.75, 3.05) is 19.7 Å². The van der Waals surface area contributed by atoms with E-state index in [1.165, 1.54) is 18.8 Å². The van der Waals surface area contributed by atoms with Gasteiger partial charge in [-0.2, -0.15) is 6.92 Å². The van der Waals surface area contributed by atoms with Gasteiger partial charge in [0.2, 0.25) is 0 Å². The van der Waals surface area contributed by atoms with E-state index in [4.69, 9.17) is 10.6 Å².